The Morgan fingerprint density at radius 3 is 2.40 bits per heavy atom. The fraction of sp³-hybridized carbons (Fsp3) is 0.667. The molecule has 1 aromatic rings. The Balaban J connectivity index is 1.34. The van der Waals surface area contributed by atoms with Gasteiger partial charge in [0.1, 0.15) is 5.60 Å². The van der Waals surface area contributed by atoms with E-state index < -0.39 is 11.3 Å². The van der Waals surface area contributed by atoms with Gasteiger partial charge in [-0.1, -0.05) is 24.3 Å². The molecule has 1 atom stereocenters. The van der Waals surface area contributed by atoms with Crippen molar-refractivity contribution in [3.05, 3.63) is 46.8 Å². The van der Waals surface area contributed by atoms with Gasteiger partial charge < -0.3 is 9.64 Å². The molecule has 0 N–H and O–H groups in total. The Bertz CT molecular complexity index is 809. The van der Waals surface area contributed by atoms with E-state index in [0.717, 1.165) is 26.2 Å². The molecular formula is C24H34N4O2. The van der Waals surface area contributed by atoms with Crippen molar-refractivity contribution in [2.24, 2.45) is 0 Å². The second-order valence-electron chi connectivity index (χ2n) is 9.84. The van der Waals surface area contributed by atoms with Crippen LogP contribution in [0.25, 0.3) is 4.85 Å². The maximum Gasteiger partial charge on any atom is 0.410 e. The van der Waals surface area contributed by atoms with Crippen LogP contribution >= 0.6 is 0 Å². The van der Waals surface area contributed by atoms with Gasteiger partial charge in [0.05, 0.1) is 12.8 Å². The summed E-state index contributed by atoms with van der Waals surface area (Å²) in [7, 11) is 0. The molecule has 2 heterocycles. The number of carbonyl (C=O) groups is 1. The minimum atomic E-state index is -0.486. The molecule has 6 nitrogen and oxygen atoms in total. The van der Waals surface area contributed by atoms with Crippen LogP contribution in [0.2, 0.25) is 0 Å². The van der Waals surface area contributed by atoms with Crippen molar-refractivity contribution in [1.82, 2.24) is 14.7 Å². The van der Waals surface area contributed by atoms with Crippen LogP contribution in [-0.2, 0) is 11.2 Å². The smallest absolute Gasteiger partial charge is 0.410 e. The van der Waals surface area contributed by atoms with Gasteiger partial charge in [-0.2, -0.15) is 0 Å². The highest BCUT2D eigenvalue weighted by Crippen LogP contribution is 2.38. The number of hydrogen-bond acceptors (Lipinski definition) is 4. The first-order valence-electron chi connectivity index (χ1n) is 11.2. The number of aryl methyl sites for hydroxylation is 1. The largest absolute Gasteiger partial charge is 0.444 e. The molecule has 0 bridgehead atoms. The molecule has 2 aliphatic heterocycles. The van der Waals surface area contributed by atoms with E-state index in [4.69, 9.17) is 11.3 Å². The summed E-state index contributed by atoms with van der Waals surface area (Å²) < 4.78 is 5.51. The lowest BCUT2D eigenvalue weighted by molar-refractivity contribution is -0.0114. The Hall–Kier alpha value is -2.10. The summed E-state index contributed by atoms with van der Waals surface area (Å²) in [4.78, 5) is 23.2. The predicted molar refractivity (Wildman–Crippen MR) is 117 cm³/mol. The lowest BCUT2D eigenvalue weighted by atomic mass is 9.94. The van der Waals surface area contributed by atoms with Crippen molar-refractivity contribution < 1.29 is 9.53 Å². The molecule has 30 heavy (non-hydrogen) atoms. The van der Waals surface area contributed by atoms with Crippen LogP contribution in [0.15, 0.2) is 24.3 Å². The molecule has 4 rings (SSSR count). The molecule has 1 aromatic carbocycles. The fourth-order valence-electron chi connectivity index (χ4n) is 5.24. The number of piperidine rings is 1. The number of hydrogen-bond donors (Lipinski definition) is 0. The molecule has 2 fully saturated rings. The van der Waals surface area contributed by atoms with E-state index in [9.17, 15) is 4.79 Å². The highest BCUT2D eigenvalue weighted by Gasteiger charge is 2.48. The molecule has 1 unspecified atom stereocenters. The maximum absolute atomic E-state index is 12.4. The number of amides is 1. The first-order chi connectivity index (χ1) is 14.3. The first kappa shape index (κ1) is 21.1. The third kappa shape index (κ3) is 4.19. The van der Waals surface area contributed by atoms with Crippen LogP contribution in [0.4, 0.5) is 4.79 Å². The topological polar surface area (TPSA) is 40.4 Å². The number of nitrogens with zero attached hydrogens (tertiary/aromatic N) is 4. The molecule has 3 aliphatic rings. The average molecular weight is 411 g/mol. The van der Waals surface area contributed by atoms with Gasteiger partial charge in [-0.15, -0.1) is 0 Å². The van der Waals surface area contributed by atoms with Gasteiger partial charge in [-0.05, 0) is 44.7 Å². The predicted octanol–water partition coefficient (Wildman–Crippen LogP) is 3.94. The van der Waals surface area contributed by atoms with Gasteiger partial charge >= 0.3 is 6.09 Å². The highest BCUT2D eigenvalue weighted by atomic mass is 16.6. The van der Waals surface area contributed by atoms with Gasteiger partial charge in [0.15, 0.2) is 0 Å². The number of rotatable bonds is 2. The van der Waals surface area contributed by atoms with Gasteiger partial charge in [-0.3, -0.25) is 9.74 Å². The number of carbonyl (C=O) groups excluding carboxylic acids is 1. The highest BCUT2D eigenvalue weighted by molar-refractivity contribution is 5.68. The van der Waals surface area contributed by atoms with Gasteiger partial charge in [0, 0.05) is 45.3 Å². The van der Waals surface area contributed by atoms with E-state index in [1.807, 2.05) is 20.8 Å². The lowest BCUT2D eigenvalue weighted by Crippen LogP contribution is -2.60. The van der Waals surface area contributed by atoms with Crippen molar-refractivity contribution >= 4 is 6.09 Å². The second-order valence-corrected chi connectivity index (χ2v) is 9.84. The molecule has 1 amide bonds. The van der Waals surface area contributed by atoms with E-state index in [2.05, 4.69) is 38.9 Å². The van der Waals surface area contributed by atoms with Crippen molar-refractivity contribution in [1.29, 1.82) is 0 Å². The van der Waals surface area contributed by atoms with Crippen LogP contribution in [0.3, 0.4) is 0 Å². The molecule has 6 heteroatoms. The third-order valence-electron chi connectivity index (χ3n) is 6.87. The number of ether oxygens (including phenoxy) is 1. The average Bonchev–Trinajstić information content (AvgIpc) is 3.17. The number of likely N-dealkylation sites (tertiary alicyclic amines) is 1. The zero-order valence-corrected chi connectivity index (χ0v) is 18.6. The SMILES string of the molecule is [C-]#[N+]C1(N2CCN(C3CCc4ccccc43)CC2)CCN(C(=O)OC(C)(C)C)CC1. The second kappa shape index (κ2) is 8.20. The lowest BCUT2D eigenvalue weighted by Gasteiger charge is -2.45. The van der Waals surface area contributed by atoms with E-state index in [-0.39, 0.29) is 6.09 Å². The Kier molecular flexibility index (Phi) is 5.78. The normalized spacial score (nSPS) is 24.9. The minimum Gasteiger partial charge on any atom is -0.444 e. The van der Waals surface area contributed by atoms with Gasteiger partial charge in [-0.25, -0.2) is 16.3 Å². The monoisotopic (exact) mass is 410 g/mol. The van der Waals surface area contributed by atoms with Crippen LogP contribution in [0.1, 0.15) is 57.2 Å². The Morgan fingerprint density at radius 1 is 1.10 bits per heavy atom. The zero-order valence-electron chi connectivity index (χ0n) is 18.6. The molecule has 1 aliphatic carbocycles. The van der Waals surface area contributed by atoms with E-state index in [1.165, 1.54) is 24.0 Å². The molecular weight excluding hydrogens is 376 g/mol. The van der Waals surface area contributed by atoms with Crippen molar-refractivity contribution in [2.75, 3.05) is 39.3 Å². The summed E-state index contributed by atoms with van der Waals surface area (Å²) in [6.45, 7) is 18.7. The summed E-state index contributed by atoms with van der Waals surface area (Å²) >= 11 is 0. The zero-order chi connectivity index (χ0) is 21.4. The number of piperazine rings is 1. The summed E-state index contributed by atoms with van der Waals surface area (Å²) in [5.41, 5.74) is 2.03. The Labute approximate surface area is 180 Å². The number of benzene rings is 1. The standard InChI is InChI=1S/C24H34N4O2/c1-23(2,3)30-22(29)27-13-11-24(25-4,12-14-27)28-17-15-26(16-18-28)21-10-9-19-7-5-6-8-20(19)21/h5-8,21H,9-18H2,1-3H3. The maximum atomic E-state index is 12.4. The summed E-state index contributed by atoms with van der Waals surface area (Å²) in [6.07, 6.45) is 3.52. The molecule has 0 spiro atoms. The number of fused-ring (bicyclic) bond motifs is 1. The van der Waals surface area contributed by atoms with E-state index >= 15 is 0 Å². The van der Waals surface area contributed by atoms with E-state index in [1.54, 1.807) is 4.90 Å². The molecule has 0 radical (unpaired) electrons. The van der Waals surface area contributed by atoms with Crippen LogP contribution < -0.4 is 0 Å². The van der Waals surface area contributed by atoms with Crippen LogP contribution in [0.5, 0.6) is 0 Å². The van der Waals surface area contributed by atoms with Crippen molar-refractivity contribution in [3.8, 4) is 0 Å². The first-order valence-corrected chi connectivity index (χ1v) is 11.2. The van der Waals surface area contributed by atoms with Crippen molar-refractivity contribution in [3.63, 3.8) is 0 Å². The van der Waals surface area contributed by atoms with Crippen LogP contribution in [0, 0.1) is 6.57 Å². The van der Waals surface area contributed by atoms with Crippen molar-refractivity contribution in [2.45, 2.75) is 63.8 Å². The summed E-state index contributed by atoms with van der Waals surface area (Å²) in [5, 5.41) is 0. The van der Waals surface area contributed by atoms with Crippen LogP contribution in [-0.4, -0.2) is 71.3 Å². The molecule has 162 valence electrons. The molecule has 2 saturated heterocycles. The molecule has 0 aromatic heterocycles. The summed E-state index contributed by atoms with van der Waals surface area (Å²) in [6, 6.07) is 9.37. The van der Waals surface area contributed by atoms with E-state index in [0.29, 0.717) is 32.0 Å². The molecule has 0 saturated carbocycles. The van der Waals surface area contributed by atoms with Gasteiger partial charge in [0.2, 0.25) is 0 Å². The summed E-state index contributed by atoms with van der Waals surface area (Å²) in [5.74, 6) is 0. The Morgan fingerprint density at radius 2 is 1.77 bits per heavy atom. The quantitative estimate of drug-likeness (QED) is 0.693. The third-order valence-corrected chi connectivity index (χ3v) is 6.87. The fourth-order valence-corrected chi connectivity index (χ4v) is 5.24. The minimum absolute atomic E-state index is 0.259. The van der Waals surface area contributed by atoms with Gasteiger partial charge in [0.25, 0.3) is 5.66 Å².